The number of esters is 2. The fraction of sp³-hybridized carbons (Fsp3) is 0.600. The number of hydrogen-bond donors (Lipinski definition) is 2. The van der Waals surface area contributed by atoms with Crippen LogP contribution in [-0.4, -0.2) is 52.9 Å². The summed E-state index contributed by atoms with van der Waals surface area (Å²) in [7, 11) is 1.53. The second-order valence-corrected chi connectivity index (χ2v) is 12.2. The van der Waals surface area contributed by atoms with Crippen LogP contribution in [0.3, 0.4) is 0 Å². The van der Waals surface area contributed by atoms with Crippen LogP contribution in [0.15, 0.2) is 48.1 Å². The van der Waals surface area contributed by atoms with Gasteiger partial charge in [0, 0.05) is 36.7 Å². The van der Waals surface area contributed by atoms with Crippen LogP contribution in [0.1, 0.15) is 58.9 Å². The second-order valence-electron chi connectivity index (χ2n) is 12.2. The molecule has 0 saturated heterocycles. The first-order chi connectivity index (χ1) is 17.4. The van der Waals surface area contributed by atoms with Gasteiger partial charge in [-0.3, -0.25) is 0 Å². The molecule has 0 aromatic heterocycles. The number of aliphatic hydroxyl groups excluding tert-OH is 1. The van der Waals surface area contributed by atoms with Crippen molar-refractivity contribution in [2.75, 3.05) is 7.11 Å². The van der Waals surface area contributed by atoms with Crippen molar-refractivity contribution < 1.29 is 34.0 Å². The highest BCUT2D eigenvalue weighted by molar-refractivity contribution is 5.87. The van der Waals surface area contributed by atoms with Crippen LogP contribution in [0, 0.1) is 28.6 Å². The minimum absolute atomic E-state index is 0.236. The molecule has 200 valence electrons. The lowest BCUT2D eigenvalue weighted by molar-refractivity contribution is -0.332. The molecule has 5 rings (SSSR count). The minimum Gasteiger partial charge on any atom is -0.453 e. The van der Waals surface area contributed by atoms with E-state index in [4.69, 9.17) is 14.2 Å². The van der Waals surface area contributed by atoms with Gasteiger partial charge in [-0.15, -0.1) is 0 Å². The van der Waals surface area contributed by atoms with Gasteiger partial charge in [-0.25, -0.2) is 9.59 Å². The maximum atomic E-state index is 13.1. The zero-order valence-corrected chi connectivity index (χ0v) is 22.3. The van der Waals surface area contributed by atoms with E-state index in [0.717, 1.165) is 18.4 Å². The van der Waals surface area contributed by atoms with Crippen molar-refractivity contribution in [1.29, 1.82) is 0 Å². The standard InChI is InChI=1S/C30H38O7/c1-18-20-16-23(32)37-29(20,35-5)17-21-24(18)25(33)26(30(34)27(2,3)14-9-15-28(21,30)4)36-22(31)13-12-19-10-7-6-8-11-19/h6-8,10-13,16,18,21,24-26,33-34H,9,14-15,17H2,1-5H3/t18-,21+,24-,25+,26+,28+,29-,30+/m0/s1. The zero-order valence-electron chi connectivity index (χ0n) is 22.3. The Labute approximate surface area is 218 Å². The summed E-state index contributed by atoms with van der Waals surface area (Å²) >= 11 is 0. The molecule has 3 fully saturated rings. The largest absolute Gasteiger partial charge is 0.453 e. The molecule has 3 aliphatic carbocycles. The van der Waals surface area contributed by atoms with E-state index in [1.165, 1.54) is 19.3 Å². The molecule has 1 aromatic carbocycles. The Kier molecular flexibility index (Phi) is 6.21. The Morgan fingerprint density at radius 3 is 2.54 bits per heavy atom. The van der Waals surface area contributed by atoms with Crippen LogP contribution < -0.4 is 0 Å². The first-order valence-corrected chi connectivity index (χ1v) is 13.2. The normalized spacial score (nSPS) is 42.3. The van der Waals surface area contributed by atoms with E-state index in [-0.39, 0.29) is 17.8 Å². The number of ether oxygens (including phenoxy) is 3. The van der Waals surface area contributed by atoms with Crippen molar-refractivity contribution in [1.82, 2.24) is 0 Å². The van der Waals surface area contributed by atoms with Crippen molar-refractivity contribution in [2.45, 2.75) is 77.0 Å². The van der Waals surface area contributed by atoms with E-state index in [1.807, 2.05) is 58.0 Å². The molecule has 37 heavy (non-hydrogen) atoms. The summed E-state index contributed by atoms with van der Waals surface area (Å²) in [5.74, 6) is -3.16. The summed E-state index contributed by atoms with van der Waals surface area (Å²) < 4.78 is 17.6. The lowest BCUT2D eigenvalue weighted by Gasteiger charge is -2.69. The predicted molar refractivity (Wildman–Crippen MR) is 137 cm³/mol. The molecule has 7 heteroatoms. The Balaban J connectivity index is 1.57. The van der Waals surface area contributed by atoms with E-state index < -0.39 is 46.4 Å². The fourth-order valence-electron chi connectivity index (χ4n) is 8.26. The molecule has 0 spiro atoms. The maximum absolute atomic E-state index is 13.1. The van der Waals surface area contributed by atoms with E-state index in [0.29, 0.717) is 18.4 Å². The Morgan fingerprint density at radius 1 is 1.16 bits per heavy atom. The number of carbonyl (C=O) groups excluding carboxylic acids is 2. The number of rotatable bonds is 4. The molecular weight excluding hydrogens is 472 g/mol. The predicted octanol–water partition coefficient (Wildman–Crippen LogP) is 4.03. The number of benzene rings is 1. The van der Waals surface area contributed by atoms with Crippen molar-refractivity contribution >= 4 is 18.0 Å². The van der Waals surface area contributed by atoms with Crippen LogP contribution in [0.5, 0.6) is 0 Å². The van der Waals surface area contributed by atoms with Crippen molar-refractivity contribution in [3.05, 3.63) is 53.6 Å². The summed E-state index contributed by atoms with van der Waals surface area (Å²) in [4.78, 5) is 25.5. The van der Waals surface area contributed by atoms with E-state index in [9.17, 15) is 19.8 Å². The van der Waals surface area contributed by atoms with Crippen LogP contribution >= 0.6 is 0 Å². The smallest absolute Gasteiger partial charge is 0.333 e. The molecule has 2 N–H and O–H groups in total. The van der Waals surface area contributed by atoms with Crippen LogP contribution in [0.2, 0.25) is 0 Å². The highest BCUT2D eigenvalue weighted by Crippen LogP contribution is 2.69. The van der Waals surface area contributed by atoms with Gasteiger partial charge < -0.3 is 24.4 Å². The molecule has 1 aromatic rings. The van der Waals surface area contributed by atoms with Gasteiger partial charge in [0.2, 0.25) is 5.79 Å². The Bertz CT molecular complexity index is 1140. The van der Waals surface area contributed by atoms with E-state index >= 15 is 0 Å². The molecular formula is C30H38O7. The molecule has 0 unspecified atom stereocenters. The number of methoxy groups -OCH3 is 1. The van der Waals surface area contributed by atoms with Crippen LogP contribution in [0.25, 0.3) is 6.08 Å². The van der Waals surface area contributed by atoms with Gasteiger partial charge in [0.15, 0.2) is 6.10 Å². The van der Waals surface area contributed by atoms with Crippen molar-refractivity contribution in [2.24, 2.45) is 28.6 Å². The summed E-state index contributed by atoms with van der Waals surface area (Å²) in [5.41, 5.74) is -1.36. The first kappa shape index (κ1) is 26.1. The molecule has 1 aliphatic heterocycles. The molecule has 0 bridgehead atoms. The quantitative estimate of drug-likeness (QED) is 0.466. The summed E-state index contributed by atoms with van der Waals surface area (Å²) in [6, 6.07) is 9.41. The fourth-order valence-corrected chi connectivity index (χ4v) is 8.26. The highest BCUT2D eigenvalue weighted by Gasteiger charge is 2.75. The molecule has 0 amide bonds. The van der Waals surface area contributed by atoms with Crippen molar-refractivity contribution in [3.8, 4) is 0 Å². The van der Waals surface area contributed by atoms with Gasteiger partial charge >= 0.3 is 11.9 Å². The van der Waals surface area contributed by atoms with Crippen molar-refractivity contribution in [3.63, 3.8) is 0 Å². The SMILES string of the molecule is CO[C@]12C[C@@H]3[C@@H]([C@@H](O)[C@@H](OC(=O)C=Cc4ccccc4)[C@@]4(O)C(C)(C)CCC[C@]34C)[C@@H](C)C1=CC(=O)O2. The van der Waals surface area contributed by atoms with Gasteiger partial charge in [0.25, 0.3) is 0 Å². The number of carbonyl (C=O) groups is 2. The van der Waals surface area contributed by atoms with Gasteiger partial charge in [0.05, 0.1) is 6.10 Å². The van der Waals surface area contributed by atoms with E-state index in [1.54, 1.807) is 6.08 Å². The number of fused-ring (bicyclic) bond motifs is 4. The average molecular weight is 511 g/mol. The second kappa shape index (κ2) is 8.79. The summed E-state index contributed by atoms with van der Waals surface area (Å²) in [5, 5.41) is 24.6. The number of hydrogen-bond acceptors (Lipinski definition) is 7. The number of aliphatic hydroxyl groups is 2. The topological polar surface area (TPSA) is 102 Å². The maximum Gasteiger partial charge on any atom is 0.333 e. The van der Waals surface area contributed by atoms with Gasteiger partial charge in [-0.2, -0.15) is 0 Å². The molecule has 1 heterocycles. The Hall–Kier alpha value is -2.48. The third-order valence-corrected chi connectivity index (χ3v) is 10.1. The molecule has 4 aliphatic rings. The van der Waals surface area contributed by atoms with Gasteiger partial charge in [-0.05, 0) is 47.6 Å². The van der Waals surface area contributed by atoms with Gasteiger partial charge in [-0.1, -0.05) is 64.4 Å². The van der Waals surface area contributed by atoms with E-state index in [2.05, 4.69) is 0 Å². The lowest BCUT2D eigenvalue weighted by atomic mass is 9.39. The monoisotopic (exact) mass is 510 g/mol. The first-order valence-electron chi connectivity index (χ1n) is 13.2. The third-order valence-electron chi connectivity index (χ3n) is 10.1. The average Bonchev–Trinajstić information content (AvgIpc) is 3.21. The van der Waals surface area contributed by atoms with Gasteiger partial charge in [0.1, 0.15) is 5.60 Å². The van der Waals surface area contributed by atoms with Crippen LogP contribution in [0.4, 0.5) is 0 Å². The third kappa shape index (κ3) is 3.65. The highest BCUT2D eigenvalue weighted by atomic mass is 16.7. The molecule has 3 saturated carbocycles. The zero-order chi connectivity index (χ0) is 26.8. The molecule has 0 radical (unpaired) electrons. The lowest BCUT2D eigenvalue weighted by Crippen LogP contribution is -2.77. The van der Waals surface area contributed by atoms with Crippen LogP contribution in [-0.2, 0) is 23.8 Å². The molecule has 8 atom stereocenters. The Morgan fingerprint density at radius 2 is 1.86 bits per heavy atom. The summed E-state index contributed by atoms with van der Waals surface area (Å²) in [6.07, 6.45) is 4.82. The summed E-state index contributed by atoms with van der Waals surface area (Å²) in [6.45, 7) is 7.96. The minimum atomic E-state index is -1.52. The molecule has 7 nitrogen and oxygen atoms in total.